The van der Waals surface area contributed by atoms with Crippen LogP contribution >= 0.6 is 0 Å². The fourth-order valence-electron chi connectivity index (χ4n) is 3.46. The van der Waals surface area contributed by atoms with E-state index < -0.39 is 10.0 Å². The normalized spacial score (nSPS) is 20.9. The molecule has 9 heteroatoms. The number of hydrogen-bond acceptors (Lipinski definition) is 4. The molecule has 1 aromatic rings. The number of halogens is 1. The highest BCUT2D eigenvalue weighted by Crippen LogP contribution is 2.17. The first-order chi connectivity index (χ1) is 13.0. The van der Waals surface area contributed by atoms with E-state index in [1.54, 1.807) is 12.1 Å². The standard InChI is InChI=1S/C18H28FN5O2S/c1-2-20-18(21-8-10-24-9-3-15-27(24,25)26)23-13-11-22(12-14-23)17-6-4-16(19)5-7-17/h4-7H,2-3,8-15H2,1H3,(H,20,21). The topological polar surface area (TPSA) is 68.2 Å². The van der Waals surface area contributed by atoms with Crippen molar-refractivity contribution in [2.75, 3.05) is 63.0 Å². The molecule has 0 atom stereocenters. The summed E-state index contributed by atoms with van der Waals surface area (Å²) in [4.78, 5) is 9.06. The van der Waals surface area contributed by atoms with Crippen molar-refractivity contribution in [2.45, 2.75) is 13.3 Å². The lowest BCUT2D eigenvalue weighted by molar-refractivity contribution is 0.371. The van der Waals surface area contributed by atoms with Crippen LogP contribution in [0.1, 0.15) is 13.3 Å². The third-order valence-corrected chi connectivity index (χ3v) is 6.88. The second-order valence-corrected chi connectivity index (χ2v) is 8.84. The van der Waals surface area contributed by atoms with E-state index in [-0.39, 0.29) is 11.6 Å². The van der Waals surface area contributed by atoms with E-state index in [0.717, 1.165) is 44.4 Å². The van der Waals surface area contributed by atoms with Gasteiger partial charge in [-0.25, -0.2) is 17.1 Å². The van der Waals surface area contributed by atoms with Gasteiger partial charge in [-0.1, -0.05) is 0 Å². The summed E-state index contributed by atoms with van der Waals surface area (Å²) in [5.74, 6) is 0.856. The van der Waals surface area contributed by atoms with Gasteiger partial charge in [-0.15, -0.1) is 0 Å². The molecule has 2 fully saturated rings. The zero-order valence-electron chi connectivity index (χ0n) is 15.8. The van der Waals surface area contributed by atoms with Gasteiger partial charge in [0.1, 0.15) is 5.82 Å². The molecule has 7 nitrogen and oxygen atoms in total. The fraction of sp³-hybridized carbons (Fsp3) is 0.611. The molecule has 1 N–H and O–H groups in total. The Balaban J connectivity index is 1.55. The lowest BCUT2D eigenvalue weighted by atomic mass is 10.2. The van der Waals surface area contributed by atoms with E-state index in [4.69, 9.17) is 0 Å². The molecule has 3 rings (SSSR count). The second kappa shape index (κ2) is 8.88. The Bertz CT molecular complexity index is 746. The molecule has 0 bridgehead atoms. The van der Waals surface area contributed by atoms with Gasteiger partial charge < -0.3 is 15.1 Å². The molecule has 27 heavy (non-hydrogen) atoms. The van der Waals surface area contributed by atoms with Gasteiger partial charge in [0.25, 0.3) is 0 Å². The molecule has 0 spiro atoms. The van der Waals surface area contributed by atoms with Crippen LogP contribution in [0.3, 0.4) is 0 Å². The number of piperazine rings is 1. The lowest BCUT2D eigenvalue weighted by Crippen LogP contribution is -2.52. The number of guanidine groups is 1. The number of hydrogen-bond donors (Lipinski definition) is 1. The summed E-state index contributed by atoms with van der Waals surface area (Å²) in [5.41, 5.74) is 1.03. The quantitative estimate of drug-likeness (QED) is 0.592. The first-order valence-electron chi connectivity index (χ1n) is 9.51. The summed E-state index contributed by atoms with van der Waals surface area (Å²) in [6.45, 7) is 7.56. The Labute approximate surface area is 160 Å². The van der Waals surface area contributed by atoms with Crippen LogP contribution in [-0.2, 0) is 10.0 Å². The maximum absolute atomic E-state index is 13.1. The fourth-order valence-corrected chi connectivity index (χ4v) is 4.98. The average molecular weight is 398 g/mol. The molecule has 2 heterocycles. The number of anilines is 1. The molecular weight excluding hydrogens is 369 g/mol. The summed E-state index contributed by atoms with van der Waals surface area (Å²) < 4.78 is 38.4. The molecule has 0 saturated carbocycles. The van der Waals surface area contributed by atoms with E-state index >= 15 is 0 Å². The summed E-state index contributed by atoms with van der Waals surface area (Å²) in [6.07, 6.45) is 0.706. The van der Waals surface area contributed by atoms with Crippen molar-refractivity contribution in [3.8, 4) is 0 Å². The molecule has 2 saturated heterocycles. The Morgan fingerprint density at radius 1 is 1.15 bits per heavy atom. The Hall–Kier alpha value is -1.87. The monoisotopic (exact) mass is 397 g/mol. The number of nitrogens with zero attached hydrogens (tertiary/aromatic N) is 4. The van der Waals surface area contributed by atoms with Crippen molar-refractivity contribution in [1.82, 2.24) is 14.5 Å². The van der Waals surface area contributed by atoms with Crippen molar-refractivity contribution in [3.63, 3.8) is 0 Å². The highest BCUT2D eigenvalue weighted by molar-refractivity contribution is 7.89. The van der Waals surface area contributed by atoms with Gasteiger partial charge >= 0.3 is 0 Å². The molecule has 0 aromatic heterocycles. The minimum Gasteiger partial charge on any atom is -0.368 e. The van der Waals surface area contributed by atoms with Crippen LogP contribution < -0.4 is 10.2 Å². The predicted molar refractivity (Wildman–Crippen MR) is 106 cm³/mol. The van der Waals surface area contributed by atoms with Crippen molar-refractivity contribution in [3.05, 3.63) is 30.1 Å². The molecule has 0 aliphatic carbocycles. The van der Waals surface area contributed by atoms with Crippen LogP contribution in [0.4, 0.5) is 10.1 Å². The molecule has 0 amide bonds. The van der Waals surface area contributed by atoms with Gasteiger partial charge in [-0.2, -0.15) is 0 Å². The maximum atomic E-state index is 13.1. The second-order valence-electron chi connectivity index (χ2n) is 6.75. The minimum absolute atomic E-state index is 0.223. The molecule has 0 radical (unpaired) electrons. The Morgan fingerprint density at radius 3 is 2.44 bits per heavy atom. The van der Waals surface area contributed by atoms with E-state index in [9.17, 15) is 12.8 Å². The molecule has 2 aliphatic heterocycles. The predicted octanol–water partition coefficient (Wildman–Crippen LogP) is 0.949. The van der Waals surface area contributed by atoms with Gasteiger partial charge in [0, 0.05) is 51.5 Å². The first kappa shape index (κ1) is 19.9. The number of benzene rings is 1. The summed E-state index contributed by atoms with van der Waals surface area (Å²) in [6, 6.07) is 6.58. The largest absolute Gasteiger partial charge is 0.368 e. The molecular formula is C18H28FN5O2S. The van der Waals surface area contributed by atoms with E-state index in [0.29, 0.717) is 26.1 Å². The maximum Gasteiger partial charge on any atom is 0.214 e. The van der Waals surface area contributed by atoms with Gasteiger partial charge in [0.2, 0.25) is 10.0 Å². The molecule has 150 valence electrons. The van der Waals surface area contributed by atoms with E-state index in [1.165, 1.54) is 16.4 Å². The summed E-state index contributed by atoms with van der Waals surface area (Å²) in [7, 11) is -3.07. The third kappa shape index (κ3) is 5.10. The highest BCUT2D eigenvalue weighted by atomic mass is 32.2. The van der Waals surface area contributed by atoms with Gasteiger partial charge in [0.15, 0.2) is 5.96 Å². The van der Waals surface area contributed by atoms with E-state index in [2.05, 4.69) is 20.1 Å². The van der Waals surface area contributed by atoms with Crippen molar-refractivity contribution < 1.29 is 12.8 Å². The zero-order valence-corrected chi connectivity index (χ0v) is 16.6. The van der Waals surface area contributed by atoms with Crippen molar-refractivity contribution >= 4 is 21.7 Å². The number of nitrogens with one attached hydrogen (secondary N) is 1. The van der Waals surface area contributed by atoms with Crippen molar-refractivity contribution in [2.24, 2.45) is 4.99 Å². The van der Waals surface area contributed by atoms with Gasteiger partial charge in [-0.3, -0.25) is 4.99 Å². The van der Waals surface area contributed by atoms with Crippen LogP contribution in [0.25, 0.3) is 0 Å². The van der Waals surface area contributed by atoms with Crippen LogP contribution in [-0.4, -0.2) is 81.7 Å². The molecule has 1 aromatic carbocycles. The average Bonchev–Trinajstić information content (AvgIpc) is 3.00. The first-order valence-corrected chi connectivity index (χ1v) is 11.1. The lowest BCUT2D eigenvalue weighted by Gasteiger charge is -2.37. The Morgan fingerprint density at radius 2 is 1.85 bits per heavy atom. The summed E-state index contributed by atoms with van der Waals surface area (Å²) >= 11 is 0. The number of rotatable bonds is 5. The zero-order chi connectivity index (χ0) is 19.3. The minimum atomic E-state index is -3.07. The molecule has 2 aliphatic rings. The van der Waals surface area contributed by atoms with E-state index in [1.807, 2.05) is 6.92 Å². The number of aliphatic imine (C=N–C) groups is 1. The Kier molecular flexibility index (Phi) is 6.54. The number of sulfonamides is 1. The van der Waals surface area contributed by atoms with Crippen LogP contribution in [0.5, 0.6) is 0 Å². The highest BCUT2D eigenvalue weighted by Gasteiger charge is 2.27. The third-order valence-electron chi connectivity index (χ3n) is 4.92. The van der Waals surface area contributed by atoms with Crippen LogP contribution in [0, 0.1) is 5.82 Å². The molecule has 0 unspecified atom stereocenters. The smallest absolute Gasteiger partial charge is 0.214 e. The SMILES string of the molecule is CCNC(=NCCN1CCCS1(=O)=O)N1CCN(c2ccc(F)cc2)CC1. The van der Waals surface area contributed by atoms with Crippen LogP contribution in [0.2, 0.25) is 0 Å². The van der Waals surface area contributed by atoms with Gasteiger partial charge in [0.05, 0.1) is 12.3 Å². The van der Waals surface area contributed by atoms with Crippen LogP contribution in [0.15, 0.2) is 29.3 Å². The van der Waals surface area contributed by atoms with Crippen molar-refractivity contribution in [1.29, 1.82) is 0 Å². The summed E-state index contributed by atoms with van der Waals surface area (Å²) in [5, 5.41) is 3.30. The van der Waals surface area contributed by atoms with Gasteiger partial charge in [-0.05, 0) is 37.6 Å².